The third-order valence-electron chi connectivity index (χ3n) is 2.94. The Labute approximate surface area is 116 Å². The summed E-state index contributed by atoms with van der Waals surface area (Å²) in [6, 6.07) is 8.47. The van der Waals surface area contributed by atoms with Crippen LogP contribution in [0.2, 0.25) is 0 Å². The maximum atomic E-state index is 11.8. The van der Waals surface area contributed by atoms with Gasteiger partial charge in [-0.25, -0.2) is 9.59 Å². The van der Waals surface area contributed by atoms with Gasteiger partial charge in [0.1, 0.15) is 11.4 Å². The highest BCUT2D eigenvalue weighted by atomic mass is 16.4. The molecule has 2 N–H and O–H groups in total. The zero-order valence-corrected chi connectivity index (χ0v) is 11.6. The van der Waals surface area contributed by atoms with Crippen molar-refractivity contribution >= 4 is 17.4 Å². The van der Waals surface area contributed by atoms with Gasteiger partial charge in [-0.05, 0) is 44.5 Å². The molecule has 0 aliphatic rings. The molecule has 0 unspecified atom stereocenters. The van der Waals surface area contributed by atoms with E-state index in [1.165, 1.54) is 0 Å². The highest BCUT2D eigenvalue weighted by Crippen LogP contribution is 2.11. The lowest BCUT2D eigenvalue weighted by Gasteiger charge is -2.08. The van der Waals surface area contributed by atoms with Crippen molar-refractivity contribution in [3.05, 3.63) is 57.6 Å². The van der Waals surface area contributed by atoms with Crippen molar-refractivity contribution in [3.8, 4) is 0 Å². The van der Waals surface area contributed by atoms with Crippen LogP contribution >= 0.6 is 0 Å². The Kier molecular flexibility index (Phi) is 3.89. The zero-order chi connectivity index (χ0) is 14.7. The standard InChI is InChI=1S/C15H16N2O3/c1-9-4-6-12(7-5-9)16-15(19)17-13-8-10(2)11(3)20-14(13)18/h4-8H,1-3H3,(H2,16,17,19). The molecule has 2 rings (SSSR count). The van der Waals surface area contributed by atoms with E-state index in [2.05, 4.69) is 10.6 Å². The number of benzene rings is 1. The van der Waals surface area contributed by atoms with Gasteiger partial charge in [-0.1, -0.05) is 17.7 Å². The average molecular weight is 272 g/mol. The van der Waals surface area contributed by atoms with E-state index in [4.69, 9.17) is 4.42 Å². The van der Waals surface area contributed by atoms with Crippen LogP contribution in [0.15, 0.2) is 39.5 Å². The van der Waals surface area contributed by atoms with Crippen molar-refractivity contribution in [2.45, 2.75) is 20.8 Å². The Morgan fingerprint density at radius 1 is 1.05 bits per heavy atom. The topological polar surface area (TPSA) is 71.3 Å². The highest BCUT2D eigenvalue weighted by Gasteiger charge is 2.09. The lowest BCUT2D eigenvalue weighted by Crippen LogP contribution is -2.23. The second-order valence-electron chi connectivity index (χ2n) is 4.63. The monoisotopic (exact) mass is 272 g/mol. The molecule has 0 aliphatic carbocycles. The number of amides is 2. The van der Waals surface area contributed by atoms with Crippen LogP contribution in [0.5, 0.6) is 0 Å². The molecular formula is C15H16N2O3. The summed E-state index contributed by atoms with van der Waals surface area (Å²) in [7, 11) is 0. The summed E-state index contributed by atoms with van der Waals surface area (Å²) in [5.74, 6) is 0.541. The molecule has 0 saturated carbocycles. The van der Waals surface area contributed by atoms with E-state index < -0.39 is 11.7 Å². The van der Waals surface area contributed by atoms with Crippen LogP contribution in [0.1, 0.15) is 16.9 Å². The molecule has 2 aromatic rings. The first kappa shape index (κ1) is 13.9. The third kappa shape index (κ3) is 3.26. The summed E-state index contributed by atoms with van der Waals surface area (Å²) in [5, 5.41) is 5.13. The van der Waals surface area contributed by atoms with E-state index in [0.29, 0.717) is 11.4 Å². The van der Waals surface area contributed by atoms with E-state index in [-0.39, 0.29) is 5.69 Å². The molecule has 1 aromatic carbocycles. The number of carbonyl (C=O) groups is 1. The van der Waals surface area contributed by atoms with Crippen molar-refractivity contribution < 1.29 is 9.21 Å². The van der Waals surface area contributed by atoms with E-state index >= 15 is 0 Å². The van der Waals surface area contributed by atoms with E-state index in [1.807, 2.05) is 19.1 Å². The summed E-state index contributed by atoms with van der Waals surface area (Å²) in [6.45, 7) is 5.47. The van der Waals surface area contributed by atoms with Gasteiger partial charge in [-0.3, -0.25) is 0 Å². The smallest absolute Gasteiger partial charge is 0.359 e. The van der Waals surface area contributed by atoms with Crippen molar-refractivity contribution in [2.24, 2.45) is 0 Å². The van der Waals surface area contributed by atoms with Crippen molar-refractivity contribution in [1.29, 1.82) is 0 Å². The molecule has 0 atom stereocenters. The average Bonchev–Trinajstić information content (AvgIpc) is 2.39. The number of nitrogens with one attached hydrogen (secondary N) is 2. The molecule has 0 bridgehead atoms. The summed E-state index contributed by atoms with van der Waals surface area (Å²) >= 11 is 0. The van der Waals surface area contributed by atoms with Gasteiger partial charge in [-0.2, -0.15) is 0 Å². The fraction of sp³-hybridized carbons (Fsp3) is 0.200. The second kappa shape index (κ2) is 5.61. The number of carbonyl (C=O) groups excluding carboxylic acids is 1. The molecule has 1 heterocycles. The zero-order valence-electron chi connectivity index (χ0n) is 11.6. The molecule has 5 nitrogen and oxygen atoms in total. The molecule has 20 heavy (non-hydrogen) atoms. The molecule has 104 valence electrons. The quantitative estimate of drug-likeness (QED) is 0.881. The maximum absolute atomic E-state index is 11.8. The van der Waals surface area contributed by atoms with Gasteiger partial charge in [0, 0.05) is 5.69 Å². The molecule has 5 heteroatoms. The molecular weight excluding hydrogens is 256 g/mol. The first-order valence-electron chi connectivity index (χ1n) is 6.22. The molecule has 0 fully saturated rings. The number of rotatable bonds is 2. The number of hydrogen-bond acceptors (Lipinski definition) is 3. The fourth-order valence-corrected chi connectivity index (χ4v) is 1.66. The SMILES string of the molecule is Cc1ccc(NC(=O)Nc2cc(C)c(C)oc2=O)cc1. The number of aryl methyl sites for hydroxylation is 3. The predicted molar refractivity (Wildman–Crippen MR) is 78.3 cm³/mol. The maximum Gasteiger partial charge on any atom is 0.359 e. The highest BCUT2D eigenvalue weighted by molar-refractivity contribution is 5.99. The number of anilines is 2. The third-order valence-corrected chi connectivity index (χ3v) is 2.94. The van der Waals surface area contributed by atoms with Crippen LogP contribution in [-0.4, -0.2) is 6.03 Å². The van der Waals surface area contributed by atoms with Crippen molar-refractivity contribution in [3.63, 3.8) is 0 Å². The minimum atomic E-state index is -0.563. The summed E-state index contributed by atoms with van der Waals surface area (Å²) in [5.41, 5.74) is 2.12. The van der Waals surface area contributed by atoms with E-state index in [0.717, 1.165) is 11.1 Å². The molecule has 0 aliphatic heterocycles. The largest absolute Gasteiger partial charge is 0.426 e. The van der Waals surface area contributed by atoms with Gasteiger partial charge in [0.25, 0.3) is 0 Å². The minimum Gasteiger partial charge on any atom is -0.426 e. The van der Waals surface area contributed by atoms with Gasteiger partial charge in [-0.15, -0.1) is 0 Å². The summed E-state index contributed by atoms with van der Waals surface area (Å²) < 4.78 is 5.01. The Morgan fingerprint density at radius 2 is 1.70 bits per heavy atom. The van der Waals surface area contributed by atoms with Gasteiger partial charge in [0.2, 0.25) is 0 Å². The molecule has 2 amide bonds. The van der Waals surface area contributed by atoms with Crippen molar-refractivity contribution in [1.82, 2.24) is 0 Å². The molecule has 0 spiro atoms. The van der Waals surface area contributed by atoms with Gasteiger partial charge in [0.05, 0.1) is 0 Å². The van der Waals surface area contributed by atoms with E-state index in [1.54, 1.807) is 32.0 Å². The van der Waals surface area contributed by atoms with Crippen LogP contribution in [0, 0.1) is 20.8 Å². The summed E-state index contributed by atoms with van der Waals surface area (Å²) in [6.07, 6.45) is 0. The normalized spacial score (nSPS) is 10.2. The Bertz CT molecular complexity index is 687. The second-order valence-corrected chi connectivity index (χ2v) is 4.63. The Balaban J connectivity index is 2.10. The van der Waals surface area contributed by atoms with Crippen LogP contribution in [0.3, 0.4) is 0 Å². The van der Waals surface area contributed by atoms with Gasteiger partial charge >= 0.3 is 11.7 Å². The number of urea groups is 1. The lowest BCUT2D eigenvalue weighted by molar-refractivity contribution is 0.262. The first-order chi connectivity index (χ1) is 9.45. The summed E-state index contributed by atoms with van der Waals surface area (Å²) in [4.78, 5) is 23.4. The fourth-order valence-electron chi connectivity index (χ4n) is 1.66. The molecule has 0 saturated heterocycles. The minimum absolute atomic E-state index is 0.123. The lowest BCUT2D eigenvalue weighted by atomic mass is 10.2. The van der Waals surface area contributed by atoms with Crippen LogP contribution in [-0.2, 0) is 0 Å². The first-order valence-corrected chi connectivity index (χ1v) is 6.22. The van der Waals surface area contributed by atoms with Crippen LogP contribution in [0.4, 0.5) is 16.2 Å². The molecule has 1 aromatic heterocycles. The van der Waals surface area contributed by atoms with E-state index in [9.17, 15) is 9.59 Å². The molecule has 0 radical (unpaired) electrons. The van der Waals surface area contributed by atoms with Crippen LogP contribution in [0.25, 0.3) is 0 Å². The Hall–Kier alpha value is -2.56. The van der Waals surface area contributed by atoms with Crippen molar-refractivity contribution in [2.75, 3.05) is 10.6 Å². The number of hydrogen-bond donors (Lipinski definition) is 2. The van der Waals surface area contributed by atoms with Crippen LogP contribution < -0.4 is 16.3 Å². The predicted octanol–water partition coefficient (Wildman–Crippen LogP) is 3.21. The van der Waals surface area contributed by atoms with Gasteiger partial charge in [0.15, 0.2) is 0 Å². The Morgan fingerprint density at radius 3 is 2.35 bits per heavy atom. The van der Waals surface area contributed by atoms with Gasteiger partial charge < -0.3 is 15.1 Å².